The summed E-state index contributed by atoms with van der Waals surface area (Å²) in [5.74, 6) is 0. The van der Waals surface area contributed by atoms with Crippen molar-refractivity contribution in [3.8, 4) is 0 Å². The highest BCUT2D eigenvalue weighted by atomic mass is 32.1. The van der Waals surface area contributed by atoms with Crippen molar-refractivity contribution in [1.82, 2.24) is 14.9 Å². The van der Waals surface area contributed by atoms with Crippen LogP contribution >= 0.6 is 12.2 Å². The molecule has 22 heavy (non-hydrogen) atoms. The monoisotopic (exact) mass is 310 g/mol. The molecule has 0 amide bonds. The Morgan fingerprint density at radius 3 is 2.50 bits per heavy atom. The van der Waals surface area contributed by atoms with E-state index in [0.29, 0.717) is 0 Å². The van der Waals surface area contributed by atoms with E-state index in [2.05, 4.69) is 40.1 Å². The molecule has 0 radical (unpaired) electrons. The normalized spacial score (nSPS) is 10.8. The van der Waals surface area contributed by atoms with Crippen LogP contribution in [-0.4, -0.2) is 33.1 Å². The second kappa shape index (κ2) is 6.23. The molecule has 0 unspecified atom stereocenters. The third-order valence-electron chi connectivity index (χ3n) is 3.75. The zero-order valence-corrected chi connectivity index (χ0v) is 13.5. The molecule has 3 rings (SSSR count). The highest BCUT2D eigenvalue weighted by Gasteiger charge is 2.11. The van der Waals surface area contributed by atoms with Crippen LogP contribution in [0.5, 0.6) is 0 Å². The van der Waals surface area contributed by atoms with Gasteiger partial charge in [-0.05, 0) is 50.3 Å². The summed E-state index contributed by atoms with van der Waals surface area (Å²) in [6.45, 7) is 5.96. The minimum Gasteiger partial charge on any atom is -0.350 e. The molecule has 112 valence electrons. The average molecular weight is 310 g/mol. The van der Waals surface area contributed by atoms with Crippen LogP contribution in [0.15, 0.2) is 42.7 Å². The summed E-state index contributed by atoms with van der Waals surface area (Å²) in [5, 5.41) is 6.19. The Morgan fingerprint density at radius 2 is 1.77 bits per heavy atom. The average Bonchev–Trinajstić information content (AvgIpc) is 2.56. The Hall–Kier alpha value is -2.27. The van der Waals surface area contributed by atoms with Crippen molar-refractivity contribution in [3.05, 3.63) is 42.7 Å². The van der Waals surface area contributed by atoms with Gasteiger partial charge in [0.1, 0.15) is 0 Å². The topological polar surface area (TPSA) is 41.0 Å². The van der Waals surface area contributed by atoms with Gasteiger partial charge in [-0.1, -0.05) is 6.07 Å². The van der Waals surface area contributed by atoms with Crippen molar-refractivity contribution in [1.29, 1.82) is 0 Å². The Kier molecular flexibility index (Phi) is 4.15. The standard InChI is InChI=1S/C17H18N4S/c1-3-21(4-2)17(22)20-14-11-12-7-5-9-18-15(12)16-13(14)8-6-10-19-16/h5-11H,3-4H2,1-2H3,(H,20,22). The number of fused-ring (bicyclic) bond motifs is 3. The van der Waals surface area contributed by atoms with Gasteiger partial charge in [-0.15, -0.1) is 0 Å². The first-order chi connectivity index (χ1) is 10.7. The van der Waals surface area contributed by atoms with Crippen LogP contribution in [0.3, 0.4) is 0 Å². The van der Waals surface area contributed by atoms with Crippen LogP contribution in [-0.2, 0) is 0 Å². The molecule has 1 aromatic carbocycles. The summed E-state index contributed by atoms with van der Waals surface area (Å²) >= 11 is 5.52. The maximum Gasteiger partial charge on any atom is 0.173 e. The van der Waals surface area contributed by atoms with Gasteiger partial charge in [-0.3, -0.25) is 9.97 Å². The van der Waals surface area contributed by atoms with Gasteiger partial charge in [0.05, 0.1) is 16.7 Å². The summed E-state index contributed by atoms with van der Waals surface area (Å²) in [6.07, 6.45) is 3.59. The van der Waals surface area contributed by atoms with Crippen molar-refractivity contribution < 1.29 is 0 Å². The number of rotatable bonds is 3. The van der Waals surface area contributed by atoms with Gasteiger partial charge in [0.2, 0.25) is 0 Å². The van der Waals surface area contributed by atoms with E-state index >= 15 is 0 Å². The molecule has 0 saturated heterocycles. The first-order valence-corrected chi connectivity index (χ1v) is 7.83. The number of pyridine rings is 2. The van der Waals surface area contributed by atoms with E-state index in [1.165, 1.54) is 0 Å². The molecule has 0 atom stereocenters. The van der Waals surface area contributed by atoms with Crippen molar-refractivity contribution in [2.75, 3.05) is 18.4 Å². The molecule has 2 aromatic heterocycles. The fraction of sp³-hybridized carbons (Fsp3) is 0.235. The van der Waals surface area contributed by atoms with E-state index in [1.54, 1.807) is 12.4 Å². The lowest BCUT2D eigenvalue weighted by Crippen LogP contribution is -2.34. The van der Waals surface area contributed by atoms with Crippen LogP contribution < -0.4 is 5.32 Å². The molecule has 0 aliphatic heterocycles. The first kappa shape index (κ1) is 14.7. The SMILES string of the molecule is CCN(CC)C(=S)Nc1cc2cccnc2c2ncccc12. The Balaban J connectivity index is 2.13. The highest BCUT2D eigenvalue weighted by Crippen LogP contribution is 2.29. The van der Waals surface area contributed by atoms with Crippen LogP contribution in [0.2, 0.25) is 0 Å². The van der Waals surface area contributed by atoms with Crippen LogP contribution in [0.25, 0.3) is 21.8 Å². The molecular weight excluding hydrogens is 292 g/mol. The van der Waals surface area contributed by atoms with E-state index in [9.17, 15) is 0 Å². The number of anilines is 1. The Labute approximate surface area is 135 Å². The maximum absolute atomic E-state index is 5.52. The van der Waals surface area contributed by atoms with E-state index < -0.39 is 0 Å². The number of hydrogen-bond acceptors (Lipinski definition) is 3. The molecule has 0 bridgehead atoms. The van der Waals surface area contributed by atoms with Crippen LogP contribution in [0.1, 0.15) is 13.8 Å². The minimum atomic E-state index is 0.735. The lowest BCUT2D eigenvalue weighted by atomic mass is 10.1. The fourth-order valence-electron chi connectivity index (χ4n) is 2.59. The van der Waals surface area contributed by atoms with E-state index in [-0.39, 0.29) is 0 Å². The van der Waals surface area contributed by atoms with Crippen molar-refractivity contribution in [2.45, 2.75) is 13.8 Å². The second-order valence-corrected chi connectivity index (χ2v) is 5.39. The molecule has 5 heteroatoms. The number of aromatic nitrogens is 2. The van der Waals surface area contributed by atoms with Crippen molar-refractivity contribution in [2.24, 2.45) is 0 Å². The van der Waals surface area contributed by atoms with Crippen LogP contribution in [0, 0.1) is 0 Å². The van der Waals surface area contributed by atoms with Gasteiger partial charge in [-0.25, -0.2) is 0 Å². The fourth-order valence-corrected chi connectivity index (χ4v) is 2.95. The third-order valence-corrected chi connectivity index (χ3v) is 4.11. The summed E-state index contributed by atoms with van der Waals surface area (Å²) in [5.41, 5.74) is 2.78. The Bertz CT molecular complexity index is 827. The molecule has 0 spiro atoms. The predicted molar refractivity (Wildman–Crippen MR) is 96.2 cm³/mol. The summed E-state index contributed by atoms with van der Waals surface area (Å²) in [4.78, 5) is 11.1. The van der Waals surface area contributed by atoms with Gasteiger partial charge >= 0.3 is 0 Å². The van der Waals surface area contributed by atoms with Gasteiger partial charge < -0.3 is 10.2 Å². The van der Waals surface area contributed by atoms with Crippen molar-refractivity contribution >= 4 is 44.8 Å². The molecule has 1 N–H and O–H groups in total. The molecule has 0 saturated carbocycles. The molecule has 4 nitrogen and oxygen atoms in total. The van der Waals surface area contributed by atoms with Gasteiger partial charge in [-0.2, -0.15) is 0 Å². The van der Waals surface area contributed by atoms with E-state index in [4.69, 9.17) is 12.2 Å². The van der Waals surface area contributed by atoms with E-state index in [0.717, 1.165) is 45.7 Å². The zero-order valence-electron chi connectivity index (χ0n) is 12.7. The quantitative estimate of drug-likeness (QED) is 0.588. The second-order valence-electron chi connectivity index (χ2n) is 5.00. The highest BCUT2D eigenvalue weighted by molar-refractivity contribution is 7.80. The third kappa shape index (κ3) is 2.60. The molecule has 0 aliphatic carbocycles. The van der Waals surface area contributed by atoms with Gasteiger partial charge in [0.15, 0.2) is 5.11 Å². The first-order valence-electron chi connectivity index (χ1n) is 7.43. The number of nitrogens with one attached hydrogen (secondary N) is 1. The summed E-state index contributed by atoms with van der Waals surface area (Å²) in [6, 6.07) is 10.0. The number of nitrogens with zero attached hydrogens (tertiary/aromatic N) is 3. The molecule has 3 aromatic rings. The summed E-state index contributed by atoms with van der Waals surface area (Å²) < 4.78 is 0. The largest absolute Gasteiger partial charge is 0.350 e. The number of benzene rings is 1. The smallest absolute Gasteiger partial charge is 0.173 e. The predicted octanol–water partition coefficient (Wildman–Crippen LogP) is 3.82. The molecule has 2 heterocycles. The van der Waals surface area contributed by atoms with Crippen molar-refractivity contribution in [3.63, 3.8) is 0 Å². The van der Waals surface area contributed by atoms with Gasteiger partial charge in [0.25, 0.3) is 0 Å². The van der Waals surface area contributed by atoms with Gasteiger partial charge in [0, 0.05) is 36.3 Å². The number of hydrogen-bond donors (Lipinski definition) is 1. The molecular formula is C17H18N4S. The molecule has 0 fully saturated rings. The Morgan fingerprint density at radius 1 is 1.09 bits per heavy atom. The maximum atomic E-state index is 5.52. The lowest BCUT2D eigenvalue weighted by Gasteiger charge is -2.23. The van der Waals surface area contributed by atoms with E-state index in [1.807, 2.05) is 24.3 Å². The minimum absolute atomic E-state index is 0.735. The van der Waals surface area contributed by atoms with Crippen LogP contribution in [0.4, 0.5) is 5.69 Å². The summed E-state index contributed by atoms with van der Waals surface area (Å²) in [7, 11) is 0. The lowest BCUT2D eigenvalue weighted by molar-refractivity contribution is 0.473. The zero-order chi connectivity index (χ0) is 15.5. The molecule has 0 aliphatic rings. The number of thiocarbonyl (C=S) groups is 1.